The topological polar surface area (TPSA) is 23.5 Å². The summed E-state index contributed by atoms with van der Waals surface area (Å²) in [4.78, 5) is 2.29. The Bertz CT molecular complexity index is 327. The van der Waals surface area contributed by atoms with Gasteiger partial charge >= 0.3 is 0 Å². The normalized spacial score (nSPS) is 16.7. The van der Waals surface area contributed by atoms with E-state index in [2.05, 4.69) is 39.0 Å². The molecule has 1 heterocycles. The van der Waals surface area contributed by atoms with Crippen molar-refractivity contribution in [3.63, 3.8) is 0 Å². The fourth-order valence-corrected chi connectivity index (χ4v) is 2.32. The molecule has 0 bridgehead atoms. The summed E-state index contributed by atoms with van der Waals surface area (Å²) >= 11 is 3.48. The lowest BCUT2D eigenvalue weighted by Gasteiger charge is -2.28. The van der Waals surface area contributed by atoms with Gasteiger partial charge in [0.15, 0.2) is 0 Å². The molecule has 2 nitrogen and oxygen atoms in total. The number of hydrogen-bond acceptors (Lipinski definition) is 2. The van der Waals surface area contributed by atoms with Gasteiger partial charge in [0.1, 0.15) is 0 Å². The molecule has 14 heavy (non-hydrogen) atoms. The zero-order chi connectivity index (χ0) is 9.97. The van der Waals surface area contributed by atoms with E-state index in [1.54, 1.807) is 0 Å². The van der Waals surface area contributed by atoms with E-state index in [1.165, 1.54) is 11.1 Å². The van der Waals surface area contributed by atoms with Crippen molar-refractivity contribution in [1.82, 2.24) is 4.90 Å². The summed E-state index contributed by atoms with van der Waals surface area (Å²) in [5.74, 6) is 0. The van der Waals surface area contributed by atoms with Gasteiger partial charge in [-0.2, -0.15) is 0 Å². The molecular weight excluding hydrogens is 242 g/mol. The number of nitrogens with zero attached hydrogens (tertiary/aromatic N) is 1. The maximum atomic E-state index is 8.87. The molecule has 0 saturated carbocycles. The second-order valence-electron chi connectivity index (χ2n) is 3.66. The van der Waals surface area contributed by atoms with Crippen LogP contribution >= 0.6 is 15.9 Å². The molecular formula is C11H14BrNO. The average molecular weight is 256 g/mol. The van der Waals surface area contributed by atoms with Gasteiger partial charge in [0.2, 0.25) is 0 Å². The molecule has 2 rings (SSSR count). The number of benzene rings is 1. The van der Waals surface area contributed by atoms with Crippen LogP contribution < -0.4 is 0 Å². The van der Waals surface area contributed by atoms with Crippen molar-refractivity contribution in [2.45, 2.75) is 13.0 Å². The van der Waals surface area contributed by atoms with Crippen LogP contribution in [0.3, 0.4) is 0 Å². The van der Waals surface area contributed by atoms with Gasteiger partial charge in [-0.1, -0.05) is 22.0 Å². The summed E-state index contributed by atoms with van der Waals surface area (Å²) in [6.45, 7) is 3.07. The summed E-state index contributed by atoms with van der Waals surface area (Å²) in [6, 6.07) is 6.47. The number of aliphatic hydroxyl groups is 1. The molecule has 1 aliphatic heterocycles. The van der Waals surface area contributed by atoms with Gasteiger partial charge < -0.3 is 5.11 Å². The summed E-state index contributed by atoms with van der Waals surface area (Å²) in [5, 5.41) is 8.87. The van der Waals surface area contributed by atoms with Crippen molar-refractivity contribution in [3.8, 4) is 0 Å². The Morgan fingerprint density at radius 3 is 3.00 bits per heavy atom. The molecule has 0 unspecified atom stereocenters. The quantitative estimate of drug-likeness (QED) is 0.872. The number of rotatable bonds is 2. The molecule has 1 aromatic rings. The standard InChI is InChI=1S/C11H14BrNO/c12-11-2-1-9-3-4-13(5-6-14)8-10(9)7-11/h1-2,7,14H,3-6,8H2. The van der Waals surface area contributed by atoms with E-state index < -0.39 is 0 Å². The Morgan fingerprint density at radius 2 is 2.21 bits per heavy atom. The zero-order valence-electron chi connectivity index (χ0n) is 8.04. The van der Waals surface area contributed by atoms with E-state index in [1.807, 2.05) is 0 Å². The van der Waals surface area contributed by atoms with E-state index >= 15 is 0 Å². The van der Waals surface area contributed by atoms with Gasteiger partial charge in [0.25, 0.3) is 0 Å². The maximum Gasteiger partial charge on any atom is 0.0558 e. The Morgan fingerprint density at radius 1 is 1.36 bits per heavy atom. The second-order valence-corrected chi connectivity index (χ2v) is 4.58. The van der Waals surface area contributed by atoms with Gasteiger partial charge in [-0.25, -0.2) is 0 Å². The fourth-order valence-electron chi connectivity index (χ4n) is 1.92. The predicted molar refractivity (Wildman–Crippen MR) is 60.2 cm³/mol. The van der Waals surface area contributed by atoms with Crippen molar-refractivity contribution in [3.05, 3.63) is 33.8 Å². The fraction of sp³-hybridized carbons (Fsp3) is 0.455. The van der Waals surface area contributed by atoms with E-state index in [9.17, 15) is 0 Å². The van der Waals surface area contributed by atoms with Gasteiger partial charge in [-0.3, -0.25) is 4.90 Å². The highest BCUT2D eigenvalue weighted by atomic mass is 79.9. The molecule has 0 spiro atoms. The SMILES string of the molecule is OCCN1CCc2ccc(Br)cc2C1. The van der Waals surface area contributed by atoms with Crippen LogP contribution in [0, 0.1) is 0 Å². The first-order valence-corrected chi connectivity index (χ1v) is 5.69. The van der Waals surface area contributed by atoms with E-state index in [0.717, 1.165) is 30.5 Å². The van der Waals surface area contributed by atoms with Crippen molar-refractivity contribution in [1.29, 1.82) is 0 Å². The number of aliphatic hydroxyl groups excluding tert-OH is 1. The highest BCUT2D eigenvalue weighted by Gasteiger charge is 2.15. The largest absolute Gasteiger partial charge is 0.395 e. The molecule has 0 fully saturated rings. The van der Waals surface area contributed by atoms with Crippen molar-refractivity contribution >= 4 is 15.9 Å². The summed E-state index contributed by atoms with van der Waals surface area (Å²) in [5.41, 5.74) is 2.83. The molecule has 76 valence electrons. The van der Waals surface area contributed by atoms with Gasteiger partial charge in [-0.05, 0) is 29.7 Å². The number of halogens is 1. The lowest BCUT2D eigenvalue weighted by atomic mass is 10.0. The minimum absolute atomic E-state index is 0.253. The molecule has 0 aliphatic carbocycles. The average Bonchev–Trinajstić information content (AvgIpc) is 2.17. The van der Waals surface area contributed by atoms with Crippen molar-refractivity contribution in [2.75, 3.05) is 19.7 Å². The monoisotopic (exact) mass is 255 g/mol. The summed E-state index contributed by atoms with van der Waals surface area (Å²) in [6.07, 6.45) is 1.10. The Labute approximate surface area is 92.7 Å². The number of fused-ring (bicyclic) bond motifs is 1. The second kappa shape index (κ2) is 4.43. The van der Waals surface area contributed by atoms with Gasteiger partial charge in [0, 0.05) is 24.1 Å². The van der Waals surface area contributed by atoms with Crippen LogP contribution in [0.1, 0.15) is 11.1 Å². The summed E-state index contributed by atoms with van der Waals surface area (Å²) < 4.78 is 1.14. The molecule has 1 N–H and O–H groups in total. The first-order chi connectivity index (χ1) is 6.79. The Balaban J connectivity index is 2.16. The van der Waals surface area contributed by atoms with E-state index in [0.29, 0.717) is 0 Å². The van der Waals surface area contributed by atoms with Crippen LogP contribution in [0.15, 0.2) is 22.7 Å². The molecule has 0 radical (unpaired) electrons. The lowest BCUT2D eigenvalue weighted by molar-refractivity contribution is 0.184. The number of hydrogen-bond donors (Lipinski definition) is 1. The van der Waals surface area contributed by atoms with Crippen LogP contribution in [0.2, 0.25) is 0 Å². The van der Waals surface area contributed by atoms with Crippen LogP contribution in [-0.4, -0.2) is 29.7 Å². The van der Waals surface area contributed by atoms with Crippen LogP contribution in [0.25, 0.3) is 0 Å². The first-order valence-electron chi connectivity index (χ1n) is 4.90. The van der Waals surface area contributed by atoms with Gasteiger partial charge in [-0.15, -0.1) is 0 Å². The molecule has 1 aliphatic rings. The summed E-state index contributed by atoms with van der Waals surface area (Å²) in [7, 11) is 0. The minimum Gasteiger partial charge on any atom is -0.395 e. The van der Waals surface area contributed by atoms with Crippen molar-refractivity contribution < 1.29 is 5.11 Å². The Hall–Kier alpha value is -0.380. The highest BCUT2D eigenvalue weighted by Crippen LogP contribution is 2.22. The van der Waals surface area contributed by atoms with E-state index in [4.69, 9.17) is 5.11 Å². The van der Waals surface area contributed by atoms with Crippen molar-refractivity contribution in [2.24, 2.45) is 0 Å². The zero-order valence-corrected chi connectivity index (χ0v) is 9.63. The molecule has 0 aromatic heterocycles. The molecule has 1 aromatic carbocycles. The smallest absolute Gasteiger partial charge is 0.0558 e. The maximum absolute atomic E-state index is 8.87. The first kappa shape index (κ1) is 10.1. The number of β-amino-alcohol motifs (C(OH)–C–C–N with tert-alkyl or cyclic N) is 1. The molecule has 0 atom stereocenters. The van der Waals surface area contributed by atoms with E-state index in [-0.39, 0.29) is 6.61 Å². The minimum atomic E-state index is 0.253. The highest BCUT2D eigenvalue weighted by molar-refractivity contribution is 9.10. The van der Waals surface area contributed by atoms with Crippen LogP contribution in [0.5, 0.6) is 0 Å². The third kappa shape index (κ3) is 2.16. The molecule has 0 amide bonds. The lowest BCUT2D eigenvalue weighted by Crippen LogP contribution is -2.32. The van der Waals surface area contributed by atoms with Crippen LogP contribution in [-0.2, 0) is 13.0 Å². The van der Waals surface area contributed by atoms with Crippen LogP contribution in [0.4, 0.5) is 0 Å². The predicted octanol–water partition coefficient (Wildman–Crippen LogP) is 1.80. The molecule has 3 heteroatoms. The third-order valence-corrected chi connectivity index (χ3v) is 3.17. The third-order valence-electron chi connectivity index (χ3n) is 2.68. The Kier molecular flexibility index (Phi) is 3.21. The van der Waals surface area contributed by atoms with Gasteiger partial charge in [0.05, 0.1) is 6.61 Å². The molecule has 0 saturated heterocycles.